The van der Waals surface area contributed by atoms with Gasteiger partial charge in [-0.2, -0.15) is 0 Å². The monoisotopic (exact) mass is 527 g/mol. The maximum atomic E-state index is 13.6. The lowest BCUT2D eigenvalue weighted by Crippen LogP contribution is -2.57. The van der Waals surface area contributed by atoms with Crippen LogP contribution in [0.4, 0.5) is 0 Å². The molecule has 1 aromatic heterocycles. The van der Waals surface area contributed by atoms with Crippen molar-refractivity contribution in [3.05, 3.63) is 66.0 Å². The molecule has 2 amide bonds. The van der Waals surface area contributed by atoms with E-state index in [9.17, 15) is 9.59 Å². The van der Waals surface area contributed by atoms with Crippen LogP contribution >= 0.6 is 0 Å². The third-order valence-corrected chi connectivity index (χ3v) is 9.49. The number of aromatic nitrogens is 2. The maximum absolute atomic E-state index is 13.6. The van der Waals surface area contributed by atoms with Gasteiger partial charge in [-0.3, -0.25) is 14.5 Å². The predicted octanol–water partition coefficient (Wildman–Crippen LogP) is 5.21. The second-order valence-electron chi connectivity index (χ2n) is 12.0. The standard InChI is InChI=1S/C32H41N5O2/c1-22-33-29-12-6-7-13-30(29)37(22)27-20-25-14-15-26(21-27)36(25)19-16-28(24-10-4-3-5-11-24)34-31(39)32(35-23(2)38)17-8-9-18-32/h3-7,10-13,25-28H,8-9,14-21H2,1-2H3,(H,34,39)(H,35,38)/t25?,26?,27?,28-/m0/s1. The van der Waals surface area contributed by atoms with E-state index in [4.69, 9.17) is 4.98 Å². The summed E-state index contributed by atoms with van der Waals surface area (Å²) in [5.74, 6) is 0.942. The minimum atomic E-state index is -0.776. The first kappa shape index (κ1) is 26.1. The Morgan fingerprint density at radius 3 is 2.33 bits per heavy atom. The van der Waals surface area contributed by atoms with Crippen LogP contribution in [0.25, 0.3) is 11.0 Å². The van der Waals surface area contributed by atoms with E-state index in [1.807, 2.05) is 18.2 Å². The molecule has 3 fully saturated rings. The van der Waals surface area contributed by atoms with Gasteiger partial charge in [0, 0.05) is 31.6 Å². The summed E-state index contributed by atoms with van der Waals surface area (Å²) in [6.07, 6.45) is 8.97. The highest BCUT2D eigenvalue weighted by atomic mass is 16.2. The quantitative estimate of drug-likeness (QED) is 0.422. The van der Waals surface area contributed by atoms with Crippen LogP contribution in [0.1, 0.15) is 88.2 Å². The van der Waals surface area contributed by atoms with Crippen molar-refractivity contribution in [3.63, 3.8) is 0 Å². The molecule has 0 radical (unpaired) electrons. The van der Waals surface area contributed by atoms with Crippen molar-refractivity contribution < 1.29 is 9.59 Å². The van der Waals surface area contributed by atoms with Gasteiger partial charge in [-0.25, -0.2) is 4.98 Å². The van der Waals surface area contributed by atoms with Gasteiger partial charge in [-0.15, -0.1) is 0 Å². The van der Waals surface area contributed by atoms with Gasteiger partial charge in [-0.1, -0.05) is 55.3 Å². The van der Waals surface area contributed by atoms with E-state index in [1.165, 1.54) is 25.3 Å². The molecule has 6 rings (SSSR count). The maximum Gasteiger partial charge on any atom is 0.246 e. The first-order chi connectivity index (χ1) is 18.9. The van der Waals surface area contributed by atoms with E-state index in [1.54, 1.807) is 0 Å². The number of nitrogens with one attached hydrogen (secondary N) is 2. The van der Waals surface area contributed by atoms with Crippen molar-refractivity contribution in [3.8, 4) is 0 Å². The van der Waals surface area contributed by atoms with Gasteiger partial charge in [0.05, 0.1) is 17.1 Å². The van der Waals surface area contributed by atoms with Crippen molar-refractivity contribution in [1.29, 1.82) is 0 Å². The molecule has 7 heteroatoms. The molecule has 3 aliphatic rings. The van der Waals surface area contributed by atoms with Gasteiger partial charge in [-0.05, 0) is 69.6 Å². The van der Waals surface area contributed by atoms with Crippen molar-refractivity contribution >= 4 is 22.8 Å². The molecule has 2 unspecified atom stereocenters. The summed E-state index contributed by atoms with van der Waals surface area (Å²) in [4.78, 5) is 33.2. The molecule has 0 spiro atoms. The second kappa shape index (κ2) is 10.8. The highest BCUT2D eigenvalue weighted by Crippen LogP contribution is 2.43. The third kappa shape index (κ3) is 5.09. The van der Waals surface area contributed by atoms with Crippen molar-refractivity contribution in [2.24, 2.45) is 0 Å². The normalized spacial score (nSPS) is 25.0. The van der Waals surface area contributed by atoms with Gasteiger partial charge in [0.25, 0.3) is 0 Å². The summed E-state index contributed by atoms with van der Waals surface area (Å²) in [6, 6.07) is 20.3. The smallest absolute Gasteiger partial charge is 0.246 e. The lowest BCUT2D eigenvalue weighted by molar-refractivity contribution is -0.133. The molecule has 1 saturated carbocycles. The van der Waals surface area contributed by atoms with Crippen LogP contribution < -0.4 is 10.6 Å². The summed E-state index contributed by atoms with van der Waals surface area (Å²) in [7, 11) is 0. The van der Waals surface area contributed by atoms with Crippen LogP contribution in [0.3, 0.4) is 0 Å². The number of aryl methyl sites for hydroxylation is 1. The minimum absolute atomic E-state index is 0.0341. The largest absolute Gasteiger partial charge is 0.347 e. The van der Waals surface area contributed by atoms with Gasteiger partial charge >= 0.3 is 0 Å². The number of amides is 2. The van der Waals surface area contributed by atoms with E-state index in [-0.39, 0.29) is 17.9 Å². The van der Waals surface area contributed by atoms with Crippen molar-refractivity contribution in [1.82, 2.24) is 25.1 Å². The van der Waals surface area contributed by atoms with Crippen LogP contribution in [-0.2, 0) is 9.59 Å². The molecule has 39 heavy (non-hydrogen) atoms. The summed E-state index contributed by atoms with van der Waals surface area (Å²) in [5, 5.41) is 6.39. The average Bonchev–Trinajstić information content (AvgIpc) is 3.60. The van der Waals surface area contributed by atoms with E-state index in [0.717, 1.165) is 55.6 Å². The Bertz CT molecular complexity index is 1310. The van der Waals surface area contributed by atoms with E-state index in [2.05, 4.69) is 63.4 Å². The van der Waals surface area contributed by atoms with Crippen LogP contribution in [-0.4, -0.2) is 50.4 Å². The molecule has 2 N–H and O–H groups in total. The Labute approximate surface area is 231 Å². The fourth-order valence-corrected chi connectivity index (χ4v) is 7.75. The number of piperidine rings is 1. The van der Waals surface area contributed by atoms with E-state index < -0.39 is 5.54 Å². The molecular formula is C32H41N5O2. The topological polar surface area (TPSA) is 79.3 Å². The highest BCUT2D eigenvalue weighted by Gasteiger charge is 2.44. The van der Waals surface area contributed by atoms with Crippen LogP contribution in [0, 0.1) is 6.92 Å². The van der Waals surface area contributed by atoms with Crippen LogP contribution in [0.5, 0.6) is 0 Å². The SMILES string of the molecule is CC(=O)NC1(C(=O)N[C@@H](CCN2C3CCC2CC(n2c(C)nc4ccccc42)C3)c2ccccc2)CCCC1. The zero-order valence-corrected chi connectivity index (χ0v) is 23.2. The average molecular weight is 528 g/mol. The van der Waals surface area contributed by atoms with E-state index >= 15 is 0 Å². The number of para-hydroxylation sites is 2. The van der Waals surface area contributed by atoms with Gasteiger partial charge in [0.2, 0.25) is 11.8 Å². The Hall–Kier alpha value is -3.19. The zero-order valence-electron chi connectivity index (χ0n) is 23.2. The number of hydrogen-bond acceptors (Lipinski definition) is 4. The Kier molecular flexibility index (Phi) is 7.19. The highest BCUT2D eigenvalue weighted by molar-refractivity contribution is 5.91. The first-order valence-electron chi connectivity index (χ1n) is 14.8. The zero-order chi connectivity index (χ0) is 27.0. The van der Waals surface area contributed by atoms with Crippen molar-refractivity contribution in [2.75, 3.05) is 6.54 Å². The lowest BCUT2D eigenvalue weighted by Gasteiger charge is -2.40. The lowest BCUT2D eigenvalue weighted by atomic mass is 9.93. The number of benzene rings is 2. The third-order valence-electron chi connectivity index (χ3n) is 9.49. The minimum Gasteiger partial charge on any atom is -0.347 e. The summed E-state index contributed by atoms with van der Waals surface area (Å²) in [5.41, 5.74) is 2.69. The predicted molar refractivity (Wildman–Crippen MR) is 153 cm³/mol. The molecule has 2 bridgehead atoms. The number of carbonyl (C=O) groups is 2. The molecule has 3 aromatic rings. The molecule has 206 valence electrons. The molecule has 2 saturated heterocycles. The number of nitrogens with zero attached hydrogens (tertiary/aromatic N) is 3. The number of fused-ring (bicyclic) bond motifs is 3. The van der Waals surface area contributed by atoms with Crippen LogP contribution in [0.2, 0.25) is 0 Å². The number of imidazole rings is 1. The molecule has 1 aliphatic carbocycles. The fourth-order valence-electron chi connectivity index (χ4n) is 7.75. The van der Waals surface area contributed by atoms with Gasteiger partial charge < -0.3 is 15.2 Å². The first-order valence-corrected chi connectivity index (χ1v) is 14.8. The second-order valence-corrected chi connectivity index (χ2v) is 12.0. The molecule has 3 heterocycles. The summed E-state index contributed by atoms with van der Waals surface area (Å²) in [6.45, 7) is 4.60. The Balaban J connectivity index is 1.16. The summed E-state index contributed by atoms with van der Waals surface area (Å²) >= 11 is 0. The van der Waals surface area contributed by atoms with E-state index in [0.29, 0.717) is 31.0 Å². The number of rotatable bonds is 8. The fraction of sp³-hybridized carbons (Fsp3) is 0.531. The van der Waals surface area contributed by atoms with Gasteiger partial charge in [0.1, 0.15) is 11.4 Å². The van der Waals surface area contributed by atoms with Gasteiger partial charge in [0.15, 0.2) is 0 Å². The molecular weight excluding hydrogens is 486 g/mol. The summed E-state index contributed by atoms with van der Waals surface area (Å²) < 4.78 is 2.48. The molecule has 2 aliphatic heterocycles. The number of carbonyl (C=O) groups excluding carboxylic acids is 2. The molecule has 3 atom stereocenters. The molecule has 7 nitrogen and oxygen atoms in total. The Morgan fingerprint density at radius 1 is 0.974 bits per heavy atom. The van der Waals surface area contributed by atoms with Crippen LogP contribution in [0.15, 0.2) is 54.6 Å². The van der Waals surface area contributed by atoms with Crippen molar-refractivity contribution in [2.45, 2.75) is 101 Å². The Morgan fingerprint density at radius 2 is 1.64 bits per heavy atom. The molecule has 2 aromatic carbocycles. The number of hydrogen-bond donors (Lipinski definition) is 2.